The van der Waals surface area contributed by atoms with Crippen molar-refractivity contribution >= 4 is 26.0 Å². The minimum absolute atomic E-state index is 0.155. The summed E-state index contributed by atoms with van der Waals surface area (Å²) < 4.78 is 67.8. The molecule has 160 valence electrons. The second-order valence-electron chi connectivity index (χ2n) is 7.12. The molecule has 0 spiro atoms. The Labute approximate surface area is 181 Å². The molecule has 2 aromatic carbocycles. The van der Waals surface area contributed by atoms with Crippen LogP contribution in [0, 0.1) is 11.3 Å². The molecule has 30 heavy (non-hydrogen) atoms. The van der Waals surface area contributed by atoms with Crippen LogP contribution in [0.3, 0.4) is 0 Å². The minimum Gasteiger partial charge on any atom is -0.299 e. The number of nitriles is 1. The van der Waals surface area contributed by atoms with Gasteiger partial charge in [0.05, 0.1) is 22.1 Å². The zero-order chi connectivity index (χ0) is 21.9. The van der Waals surface area contributed by atoms with E-state index in [-0.39, 0.29) is 4.47 Å². The molecule has 0 unspecified atom stereocenters. The van der Waals surface area contributed by atoms with Gasteiger partial charge in [0.25, 0.3) is 0 Å². The Bertz CT molecular complexity index is 1060. The van der Waals surface area contributed by atoms with E-state index in [4.69, 9.17) is 5.26 Å². The second kappa shape index (κ2) is 9.06. The van der Waals surface area contributed by atoms with Gasteiger partial charge >= 0.3 is 6.18 Å². The van der Waals surface area contributed by atoms with Gasteiger partial charge in [0, 0.05) is 30.1 Å². The fourth-order valence-corrected chi connectivity index (χ4v) is 5.32. The maximum atomic E-state index is 13.3. The highest BCUT2D eigenvalue weighted by Crippen LogP contribution is 2.36. The van der Waals surface area contributed by atoms with E-state index in [2.05, 4.69) is 31.6 Å². The van der Waals surface area contributed by atoms with Gasteiger partial charge in [-0.25, -0.2) is 13.1 Å². The summed E-state index contributed by atoms with van der Waals surface area (Å²) in [5.74, 6) is 0. The Morgan fingerprint density at radius 3 is 2.50 bits per heavy atom. The molecule has 0 atom stereocenters. The number of hydrogen-bond acceptors (Lipinski definition) is 4. The normalized spacial score (nSPS) is 16.4. The van der Waals surface area contributed by atoms with Crippen LogP contribution in [0.1, 0.15) is 29.5 Å². The smallest absolute Gasteiger partial charge is 0.299 e. The molecule has 2 aromatic rings. The molecule has 1 fully saturated rings. The zero-order valence-corrected chi connectivity index (χ0v) is 18.2. The fraction of sp³-hybridized carbons (Fsp3) is 0.350. The lowest BCUT2D eigenvalue weighted by atomic mass is 10.0. The summed E-state index contributed by atoms with van der Waals surface area (Å²) >= 11 is 2.96. The highest BCUT2D eigenvalue weighted by Gasteiger charge is 2.38. The van der Waals surface area contributed by atoms with Crippen LogP contribution < -0.4 is 4.72 Å². The van der Waals surface area contributed by atoms with Crippen molar-refractivity contribution in [1.82, 2.24) is 9.62 Å². The van der Waals surface area contributed by atoms with E-state index in [1.165, 1.54) is 6.07 Å². The topological polar surface area (TPSA) is 73.2 Å². The van der Waals surface area contributed by atoms with Gasteiger partial charge < -0.3 is 0 Å². The Morgan fingerprint density at radius 2 is 1.87 bits per heavy atom. The van der Waals surface area contributed by atoms with Crippen LogP contribution in [0.5, 0.6) is 0 Å². The first-order chi connectivity index (χ1) is 14.1. The number of hydrogen-bond donors (Lipinski definition) is 1. The predicted molar refractivity (Wildman–Crippen MR) is 109 cm³/mol. The Morgan fingerprint density at radius 1 is 1.17 bits per heavy atom. The molecule has 1 saturated heterocycles. The lowest BCUT2D eigenvalue weighted by molar-refractivity contribution is -0.139. The van der Waals surface area contributed by atoms with Crippen molar-refractivity contribution in [1.29, 1.82) is 5.26 Å². The Kier molecular flexibility index (Phi) is 6.87. The van der Waals surface area contributed by atoms with Gasteiger partial charge in [-0.2, -0.15) is 18.4 Å². The van der Waals surface area contributed by atoms with Gasteiger partial charge in [-0.1, -0.05) is 28.1 Å². The van der Waals surface area contributed by atoms with Crippen LogP contribution >= 0.6 is 15.9 Å². The van der Waals surface area contributed by atoms with E-state index in [0.717, 1.165) is 17.7 Å². The van der Waals surface area contributed by atoms with E-state index in [1.54, 1.807) is 12.1 Å². The highest BCUT2D eigenvalue weighted by atomic mass is 79.9. The van der Waals surface area contributed by atoms with Crippen LogP contribution in [0.25, 0.3) is 0 Å². The molecule has 0 saturated carbocycles. The van der Waals surface area contributed by atoms with Gasteiger partial charge in [0.2, 0.25) is 10.0 Å². The lowest BCUT2D eigenvalue weighted by Gasteiger charge is -2.32. The van der Waals surface area contributed by atoms with Crippen molar-refractivity contribution in [2.45, 2.75) is 36.5 Å². The van der Waals surface area contributed by atoms with Crippen LogP contribution in [0.4, 0.5) is 13.2 Å². The van der Waals surface area contributed by atoms with Crippen LogP contribution in [-0.2, 0) is 22.7 Å². The summed E-state index contributed by atoms with van der Waals surface area (Å²) in [6, 6.07) is 11.9. The largest absolute Gasteiger partial charge is 0.417 e. The molecule has 5 nitrogen and oxygen atoms in total. The molecule has 0 amide bonds. The zero-order valence-electron chi connectivity index (χ0n) is 15.8. The van der Waals surface area contributed by atoms with Crippen molar-refractivity contribution < 1.29 is 21.6 Å². The first-order valence-electron chi connectivity index (χ1n) is 9.19. The molecule has 3 rings (SSSR count). The van der Waals surface area contributed by atoms with Gasteiger partial charge in [-0.05, 0) is 48.7 Å². The fourth-order valence-electron chi connectivity index (χ4n) is 3.45. The van der Waals surface area contributed by atoms with Crippen LogP contribution in [-0.4, -0.2) is 32.4 Å². The van der Waals surface area contributed by atoms with Crippen molar-refractivity contribution in [3.05, 3.63) is 63.6 Å². The summed E-state index contributed by atoms with van der Waals surface area (Å²) in [5.41, 5.74) is 0.363. The van der Waals surface area contributed by atoms with E-state index < -0.39 is 32.7 Å². The highest BCUT2D eigenvalue weighted by molar-refractivity contribution is 9.10. The average Bonchev–Trinajstić information content (AvgIpc) is 2.68. The van der Waals surface area contributed by atoms with Crippen LogP contribution in [0.15, 0.2) is 51.8 Å². The molecule has 1 N–H and O–H groups in total. The number of rotatable bonds is 5. The summed E-state index contributed by atoms with van der Waals surface area (Å²) in [6.07, 6.45) is -3.82. The van der Waals surface area contributed by atoms with Crippen molar-refractivity contribution in [3.8, 4) is 6.07 Å². The predicted octanol–water partition coefficient (Wildman–Crippen LogP) is 4.28. The van der Waals surface area contributed by atoms with Crippen molar-refractivity contribution in [2.24, 2.45) is 0 Å². The third-order valence-electron chi connectivity index (χ3n) is 4.91. The minimum atomic E-state index is -4.78. The molecule has 0 bridgehead atoms. The summed E-state index contributed by atoms with van der Waals surface area (Å²) in [5, 5.41) is 8.99. The molecule has 0 aliphatic carbocycles. The lowest BCUT2D eigenvalue weighted by Crippen LogP contribution is -2.44. The van der Waals surface area contributed by atoms with Gasteiger partial charge in [-0.15, -0.1) is 0 Å². The molecule has 0 aromatic heterocycles. The van der Waals surface area contributed by atoms with Gasteiger partial charge in [-0.3, -0.25) is 4.90 Å². The number of sulfonamides is 1. The Hall–Kier alpha value is -1.93. The summed E-state index contributed by atoms with van der Waals surface area (Å²) in [6.45, 7) is 1.81. The second-order valence-corrected chi connectivity index (χ2v) is 9.72. The van der Waals surface area contributed by atoms with Crippen molar-refractivity contribution in [2.75, 3.05) is 13.1 Å². The molecular formula is C20H19BrF3N3O2S. The molecule has 10 heteroatoms. The van der Waals surface area contributed by atoms with E-state index >= 15 is 0 Å². The number of likely N-dealkylation sites (tertiary alicyclic amines) is 1. The first-order valence-corrected chi connectivity index (χ1v) is 11.5. The van der Waals surface area contributed by atoms with Gasteiger partial charge in [0.1, 0.15) is 0 Å². The van der Waals surface area contributed by atoms with Crippen molar-refractivity contribution in [3.63, 3.8) is 0 Å². The third-order valence-corrected chi connectivity index (χ3v) is 6.98. The van der Waals surface area contributed by atoms with E-state index in [9.17, 15) is 21.6 Å². The maximum Gasteiger partial charge on any atom is 0.417 e. The SMILES string of the molecule is N#Cc1cccc(CN2CCC(NS(=O)(=O)c3ccc(Br)cc3C(F)(F)F)CC2)c1. The molecule has 1 aliphatic heterocycles. The Balaban J connectivity index is 1.65. The number of nitrogens with one attached hydrogen (secondary N) is 1. The monoisotopic (exact) mass is 501 g/mol. The molecule has 0 radical (unpaired) electrons. The average molecular weight is 502 g/mol. The quantitative estimate of drug-likeness (QED) is 0.663. The number of piperidine rings is 1. The number of nitrogens with zero attached hydrogens (tertiary/aromatic N) is 2. The third kappa shape index (κ3) is 5.60. The van der Waals surface area contributed by atoms with Gasteiger partial charge in [0.15, 0.2) is 0 Å². The molecule has 1 heterocycles. The molecular weight excluding hydrogens is 483 g/mol. The van der Waals surface area contributed by atoms with E-state index in [0.29, 0.717) is 38.0 Å². The summed E-state index contributed by atoms with van der Waals surface area (Å²) in [4.78, 5) is 1.36. The number of halogens is 4. The molecule has 1 aliphatic rings. The first kappa shape index (κ1) is 22.7. The number of benzene rings is 2. The van der Waals surface area contributed by atoms with E-state index in [1.807, 2.05) is 12.1 Å². The maximum absolute atomic E-state index is 13.3. The standard InChI is InChI=1S/C20H19BrF3N3O2S/c21-16-4-5-19(18(11-16)20(22,23)24)30(28,29)26-17-6-8-27(9-7-17)13-15-3-1-2-14(10-15)12-25/h1-5,10-11,17,26H,6-9,13H2. The summed E-state index contributed by atoms with van der Waals surface area (Å²) in [7, 11) is -4.32. The number of alkyl halides is 3. The van der Waals surface area contributed by atoms with Crippen LogP contribution in [0.2, 0.25) is 0 Å².